The predicted molar refractivity (Wildman–Crippen MR) is 109 cm³/mol. The predicted octanol–water partition coefficient (Wildman–Crippen LogP) is 2.67. The van der Waals surface area contributed by atoms with Crippen molar-refractivity contribution in [2.45, 2.75) is 24.3 Å². The molecule has 1 aromatic heterocycles. The lowest BCUT2D eigenvalue weighted by Gasteiger charge is -2.23. The highest BCUT2D eigenvalue weighted by Crippen LogP contribution is 2.30. The molecule has 1 heterocycles. The monoisotopic (exact) mass is 406 g/mol. The average Bonchev–Trinajstić information content (AvgIpc) is 3.07. The molecule has 8 heteroatoms. The van der Waals surface area contributed by atoms with Gasteiger partial charge in [-0.15, -0.1) is 0 Å². The Morgan fingerprint density at radius 1 is 1.19 bits per heavy atom. The summed E-state index contributed by atoms with van der Waals surface area (Å²) in [6, 6.07) is 10.4. The van der Waals surface area contributed by atoms with E-state index in [1.807, 2.05) is 32.0 Å². The molecule has 0 aliphatic rings. The van der Waals surface area contributed by atoms with Crippen LogP contribution in [0.4, 0.5) is 0 Å². The first kappa shape index (κ1) is 19.8. The lowest BCUT2D eigenvalue weighted by molar-refractivity contribution is 0.298. The van der Waals surface area contributed by atoms with Gasteiger partial charge in [0.05, 0.1) is 21.6 Å². The normalized spacial score (nSPS) is 13.4. The molecule has 0 saturated heterocycles. The number of fused-ring (bicyclic) bond motifs is 1. The van der Waals surface area contributed by atoms with Crippen molar-refractivity contribution in [2.24, 2.45) is 5.73 Å². The van der Waals surface area contributed by atoms with Crippen LogP contribution in [0.5, 0.6) is 0 Å². The topological polar surface area (TPSA) is 81.2 Å². The minimum absolute atomic E-state index is 0.145. The Balaban J connectivity index is 2.05. The van der Waals surface area contributed by atoms with E-state index in [1.165, 1.54) is 6.20 Å². The average molecular weight is 407 g/mol. The Labute approximate surface area is 164 Å². The van der Waals surface area contributed by atoms with E-state index in [0.717, 1.165) is 15.2 Å². The lowest BCUT2D eigenvalue weighted by Crippen LogP contribution is -2.36. The van der Waals surface area contributed by atoms with Crippen LogP contribution in [0.25, 0.3) is 10.9 Å². The molecule has 2 N–H and O–H groups in total. The van der Waals surface area contributed by atoms with Crippen LogP contribution < -0.4 is 5.73 Å². The van der Waals surface area contributed by atoms with Crippen LogP contribution in [-0.2, 0) is 16.4 Å². The first-order valence-corrected chi connectivity index (χ1v) is 10.4. The minimum Gasteiger partial charge on any atom is -0.329 e. The van der Waals surface area contributed by atoms with Crippen molar-refractivity contribution < 1.29 is 8.42 Å². The molecule has 0 aliphatic heterocycles. The molecule has 144 valence electrons. The molecule has 0 bridgehead atoms. The summed E-state index contributed by atoms with van der Waals surface area (Å²) in [6.45, 7) is 2.41. The first-order chi connectivity index (χ1) is 12.8. The maximum Gasteiger partial charge on any atom is 0.283 e. The van der Waals surface area contributed by atoms with E-state index in [4.69, 9.17) is 17.3 Å². The molecule has 0 spiro atoms. The zero-order valence-corrected chi connectivity index (χ0v) is 17.1. The van der Waals surface area contributed by atoms with Gasteiger partial charge in [-0.05, 0) is 51.2 Å². The number of hydrogen-bond donors (Lipinski definition) is 1. The third-order valence-corrected chi connectivity index (χ3v) is 6.80. The van der Waals surface area contributed by atoms with Gasteiger partial charge in [0.15, 0.2) is 0 Å². The largest absolute Gasteiger partial charge is 0.329 e. The second kappa shape index (κ2) is 7.59. The van der Waals surface area contributed by atoms with E-state index in [0.29, 0.717) is 28.9 Å². The molecule has 0 fully saturated rings. The molecule has 2 aromatic carbocycles. The maximum atomic E-state index is 13.0. The zero-order chi connectivity index (χ0) is 19.8. The van der Waals surface area contributed by atoms with E-state index < -0.39 is 10.0 Å². The first-order valence-electron chi connectivity index (χ1n) is 8.59. The Morgan fingerprint density at radius 3 is 2.44 bits per heavy atom. The molecule has 0 aliphatic carbocycles. The quantitative estimate of drug-likeness (QED) is 0.680. The maximum absolute atomic E-state index is 13.0. The number of aryl methyl sites for hydroxylation is 1. The van der Waals surface area contributed by atoms with Crippen LogP contribution in [0.2, 0.25) is 5.02 Å². The SMILES string of the molecule is Cc1ccc(S(=O)(=O)n2ncc3c(Cl)c(C[C@@H](CN)N(C)C)ccc32)cc1. The molecule has 6 nitrogen and oxygen atoms in total. The lowest BCUT2D eigenvalue weighted by atomic mass is 10.0. The number of halogens is 1. The van der Waals surface area contributed by atoms with Gasteiger partial charge in [-0.3, -0.25) is 0 Å². The summed E-state index contributed by atoms with van der Waals surface area (Å²) < 4.78 is 27.0. The third-order valence-electron chi connectivity index (χ3n) is 4.74. The van der Waals surface area contributed by atoms with Gasteiger partial charge in [0.1, 0.15) is 0 Å². The summed E-state index contributed by atoms with van der Waals surface area (Å²) in [5.41, 5.74) is 8.20. The van der Waals surface area contributed by atoms with Gasteiger partial charge in [0, 0.05) is 18.0 Å². The second-order valence-electron chi connectivity index (χ2n) is 6.83. The molecular formula is C19H23ClN4O2S. The van der Waals surface area contributed by atoms with Crippen LogP contribution in [0.15, 0.2) is 47.5 Å². The van der Waals surface area contributed by atoms with E-state index >= 15 is 0 Å². The molecular weight excluding hydrogens is 384 g/mol. The van der Waals surface area contributed by atoms with Crippen LogP contribution in [-0.4, -0.2) is 49.2 Å². The fourth-order valence-electron chi connectivity index (χ4n) is 2.98. The highest BCUT2D eigenvalue weighted by Gasteiger charge is 2.22. The standard InChI is InChI=1S/C19H23ClN4O2S/c1-13-4-7-16(8-5-13)27(25,26)24-18-9-6-14(10-15(11-21)23(2)3)19(20)17(18)12-22-24/h4-9,12,15H,10-11,21H2,1-3H3/t15-/m0/s1. The van der Waals surface area contributed by atoms with Gasteiger partial charge in [-0.25, -0.2) is 0 Å². The highest BCUT2D eigenvalue weighted by molar-refractivity contribution is 7.90. The molecule has 27 heavy (non-hydrogen) atoms. The van der Waals surface area contributed by atoms with Crippen LogP contribution >= 0.6 is 11.6 Å². The van der Waals surface area contributed by atoms with Crippen molar-refractivity contribution in [2.75, 3.05) is 20.6 Å². The summed E-state index contributed by atoms with van der Waals surface area (Å²) in [7, 11) is 0.146. The summed E-state index contributed by atoms with van der Waals surface area (Å²) >= 11 is 6.57. The number of hydrogen-bond acceptors (Lipinski definition) is 5. The third kappa shape index (κ3) is 3.73. The Hall–Kier alpha value is -1.93. The molecule has 3 rings (SSSR count). The van der Waals surface area contributed by atoms with Gasteiger partial charge in [-0.1, -0.05) is 35.4 Å². The summed E-state index contributed by atoms with van der Waals surface area (Å²) in [5.74, 6) is 0. The molecule has 1 atom stereocenters. The summed E-state index contributed by atoms with van der Waals surface area (Å²) in [6.07, 6.45) is 2.17. The number of nitrogens with zero attached hydrogens (tertiary/aromatic N) is 3. The smallest absolute Gasteiger partial charge is 0.283 e. The molecule has 0 saturated carbocycles. The van der Waals surface area contributed by atoms with Crippen molar-refractivity contribution in [1.29, 1.82) is 0 Å². The fourth-order valence-corrected chi connectivity index (χ4v) is 4.53. The van der Waals surface area contributed by atoms with Gasteiger partial charge < -0.3 is 10.6 Å². The van der Waals surface area contributed by atoms with Crippen LogP contribution in [0, 0.1) is 6.92 Å². The number of benzene rings is 2. The Bertz CT molecular complexity index is 1060. The summed E-state index contributed by atoms with van der Waals surface area (Å²) in [4.78, 5) is 2.24. The molecule has 3 aromatic rings. The fraction of sp³-hybridized carbons (Fsp3) is 0.316. The number of nitrogens with two attached hydrogens (primary N) is 1. The Kier molecular flexibility index (Phi) is 5.58. The second-order valence-corrected chi connectivity index (χ2v) is 8.98. The van der Waals surface area contributed by atoms with E-state index in [2.05, 4.69) is 5.10 Å². The van der Waals surface area contributed by atoms with Crippen molar-refractivity contribution >= 4 is 32.5 Å². The van der Waals surface area contributed by atoms with Crippen molar-refractivity contribution in [3.63, 3.8) is 0 Å². The molecule has 0 amide bonds. The van der Waals surface area contributed by atoms with E-state index in [1.54, 1.807) is 30.3 Å². The minimum atomic E-state index is -3.79. The zero-order valence-electron chi connectivity index (χ0n) is 15.6. The molecule has 0 radical (unpaired) electrons. The van der Waals surface area contributed by atoms with E-state index in [-0.39, 0.29) is 10.9 Å². The van der Waals surface area contributed by atoms with E-state index in [9.17, 15) is 8.42 Å². The van der Waals surface area contributed by atoms with Crippen molar-refractivity contribution in [3.05, 3.63) is 58.7 Å². The van der Waals surface area contributed by atoms with Crippen LogP contribution in [0.1, 0.15) is 11.1 Å². The van der Waals surface area contributed by atoms with Crippen LogP contribution in [0.3, 0.4) is 0 Å². The van der Waals surface area contributed by atoms with Crippen molar-refractivity contribution in [1.82, 2.24) is 14.1 Å². The number of aromatic nitrogens is 2. The molecule has 0 unspecified atom stereocenters. The number of likely N-dealkylation sites (N-methyl/N-ethyl adjacent to an activating group) is 1. The Morgan fingerprint density at radius 2 is 1.85 bits per heavy atom. The highest BCUT2D eigenvalue weighted by atomic mass is 35.5. The van der Waals surface area contributed by atoms with Gasteiger partial charge in [-0.2, -0.15) is 17.6 Å². The van der Waals surface area contributed by atoms with Gasteiger partial charge >= 0.3 is 0 Å². The van der Waals surface area contributed by atoms with Crippen molar-refractivity contribution in [3.8, 4) is 0 Å². The number of rotatable bonds is 6. The van der Waals surface area contributed by atoms with Gasteiger partial charge in [0.2, 0.25) is 0 Å². The van der Waals surface area contributed by atoms with Gasteiger partial charge in [0.25, 0.3) is 10.0 Å². The summed E-state index contributed by atoms with van der Waals surface area (Å²) in [5, 5.41) is 5.23.